The molecule has 0 bridgehead atoms. The van der Waals surface area contributed by atoms with E-state index in [1.165, 1.54) is 0 Å². The number of aliphatic hydroxyl groups excluding tert-OH is 3. The van der Waals surface area contributed by atoms with Gasteiger partial charge >= 0.3 is 0 Å². The lowest BCUT2D eigenvalue weighted by Crippen LogP contribution is -2.53. The molecule has 1 heterocycles. The highest BCUT2D eigenvalue weighted by Gasteiger charge is 2.38. The van der Waals surface area contributed by atoms with Crippen LogP contribution >= 0.6 is 0 Å². The molecule has 0 aromatic rings. The Balaban J connectivity index is 2.55. The molecular formula is C10H20O4. The topological polar surface area (TPSA) is 69.9 Å². The minimum absolute atomic E-state index is 0.0354. The van der Waals surface area contributed by atoms with Crippen LogP contribution in [0.15, 0.2) is 0 Å². The summed E-state index contributed by atoms with van der Waals surface area (Å²) in [5.74, 6) is 0. The van der Waals surface area contributed by atoms with Gasteiger partial charge in [-0.15, -0.1) is 0 Å². The van der Waals surface area contributed by atoms with Crippen molar-refractivity contribution >= 4 is 0 Å². The second-order valence-electron chi connectivity index (χ2n) is 5.19. The molecule has 4 atom stereocenters. The average molecular weight is 204 g/mol. The molecule has 0 aromatic carbocycles. The third-order valence-electron chi connectivity index (χ3n) is 2.42. The molecule has 0 saturated carbocycles. The zero-order valence-electron chi connectivity index (χ0n) is 8.97. The summed E-state index contributed by atoms with van der Waals surface area (Å²) in [4.78, 5) is 0. The Morgan fingerprint density at radius 1 is 1.14 bits per heavy atom. The van der Waals surface area contributed by atoms with Gasteiger partial charge in [-0.3, -0.25) is 0 Å². The first-order valence-electron chi connectivity index (χ1n) is 4.97. The van der Waals surface area contributed by atoms with E-state index in [1.807, 2.05) is 20.8 Å². The molecule has 84 valence electrons. The van der Waals surface area contributed by atoms with Crippen molar-refractivity contribution in [3.8, 4) is 0 Å². The van der Waals surface area contributed by atoms with Crippen LogP contribution in [0.3, 0.4) is 0 Å². The fraction of sp³-hybridized carbons (Fsp3) is 1.00. The van der Waals surface area contributed by atoms with Gasteiger partial charge in [0.25, 0.3) is 0 Å². The number of hydrogen-bond acceptors (Lipinski definition) is 4. The van der Waals surface area contributed by atoms with Crippen molar-refractivity contribution in [1.29, 1.82) is 0 Å². The molecule has 1 saturated heterocycles. The highest BCUT2D eigenvalue weighted by atomic mass is 16.5. The molecule has 1 fully saturated rings. The largest absolute Gasteiger partial charge is 0.388 e. The summed E-state index contributed by atoms with van der Waals surface area (Å²) in [5.41, 5.74) is 0.0354. The Hall–Kier alpha value is -0.160. The van der Waals surface area contributed by atoms with Gasteiger partial charge in [-0.25, -0.2) is 0 Å². The van der Waals surface area contributed by atoms with Crippen LogP contribution in [-0.4, -0.2) is 46.3 Å². The summed E-state index contributed by atoms with van der Waals surface area (Å²) in [6, 6.07) is 0. The van der Waals surface area contributed by atoms with Crippen LogP contribution in [0, 0.1) is 5.41 Å². The van der Waals surface area contributed by atoms with Crippen molar-refractivity contribution in [2.75, 3.05) is 6.61 Å². The van der Waals surface area contributed by atoms with Crippen LogP contribution in [0.1, 0.15) is 27.2 Å². The Morgan fingerprint density at radius 2 is 1.71 bits per heavy atom. The molecule has 1 aliphatic rings. The molecule has 14 heavy (non-hydrogen) atoms. The van der Waals surface area contributed by atoms with E-state index < -0.39 is 18.3 Å². The molecule has 0 aromatic heterocycles. The van der Waals surface area contributed by atoms with E-state index in [-0.39, 0.29) is 18.1 Å². The predicted octanol–water partition coefficient (Wildman–Crippen LogP) is -0.0959. The number of hydrogen-bond donors (Lipinski definition) is 3. The molecule has 3 N–H and O–H groups in total. The van der Waals surface area contributed by atoms with E-state index in [1.54, 1.807) is 0 Å². The van der Waals surface area contributed by atoms with E-state index in [2.05, 4.69) is 0 Å². The maximum absolute atomic E-state index is 9.64. The quantitative estimate of drug-likeness (QED) is 0.558. The summed E-state index contributed by atoms with van der Waals surface area (Å²) in [7, 11) is 0. The number of ether oxygens (including phenoxy) is 1. The first-order valence-corrected chi connectivity index (χ1v) is 4.97. The van der Waals surface area contributed by atoms with Crippen molar-refractivity contribution in [3.05, 3.63) is 0 Å². The number of aliphatic hydroxyl groups is 3. The standard InChI is InChI=1S/C10H20O4/c1-10(2,3)4-7-9(13)8(12)6(11)5-14-7/h6-9,11-13H,4-5H2,1-3H3/t6-,7-,8+,9-/m1/s1. The molecule has 0 aliphatic carbocycles. The van der Waals surface area contributed by atoms with Crippen LogP contribution in [0.25, 0.3) is 0 Å². The Morgan fingerprint density at radius 3 is 2.21 bits per heavy atom. The summed E-state index contributed by atoms with van der Waals surface area (Å²) in [6.45, 7) is 6.22. The van der Waals surface area contributed by atoms with Crippen molar-refractivity contribution in [2.24, 2.45) is 5.41 Å². The molecule has 1 rings (SSSR count). The molecule has 0 spiro atoms. The second-order valence-corrected chi connectivity index (χ2v) is 5.19. The monoisotopic (exact) mass is 204 g/mol. The lowest BCUT2D eigenvalue weighted by Gasteiger charge is -2.38. The average Bonchev–Trinajstić information content (AvgIpc) is 2.04. The predicted molar refractivity (Wildman–Crippen MR) is 51.8 cm³/mol. The molecule has 0 amide bonds. The molecule has 4 heteroatoms. The normalized spacial score (nSPS) is 39.9. The third kappa shape index (κ3) is 2.92. The van der Waals surface area contributed by atoms with Gasteiger partial charge in [-0.05, 0) is 11.8 Å². The van der Waals surface area contributed by atoms with Crippen LogP contribution in [-0.2, 0) is 4.74 Å². The zero-order chi connectivity index (χ0) is 10.9. The Bertz CT molecular complexity index is 187. The van der Waals surface area contributed by atoms with Gasteiger partial charge in [0.1, 0.15) is 18.3 Å². The minimum atomic E-state index is -1.09. The summed E-state index contributed by atoms with van der Waals surface area (Å²) in [5, 5.41) is 28.3. The maximum Gasteiger partial charge on any atom is 0.111 e. The van der Waals surface area contributed by atoms with Gasteiger partial charge in [0.05, 0.1) is 12.7 Å². The second kappa shape index (κ2) is 4.14. The third-order valence-corrected chi connectivity index (χ3v) is 2.42. The van der Waals surface area contributed by atoms with Gasteiger partial charge in [0, 0.05) is 0 Å². The first-order chi connectivity index (χ1) is 6.31. The Labute approximate surface area is 84.5 Å². The van der Waals surface area contributed by atoms with E-state index in [0.717, 1.165) is 0 Å². The van der Waals surface area contributed by atoms with Crippen molar-refractivity contribution in [1.82, 2.24) is 0 Å². The van der Waals surface area contributed by atoms with Crippen molar-refractivity contribution in [2.45, 2.75) is 51.6 Å². The highest BCUT2D eigenvalue weighted by Crippen LogP contribution is 2.27. The van der Waals surface area contributed by atoms with E-state index in [4.69, 9.17) is 4.74 Å². The Kier molecular flexibility index (Phi) is 3.53. The fourth-order valence-electron chi connectivity index (χ4n) is 1.65. The molecular weight excluding hydrogens is 184 g/mol. The fourth-order valence-corrected chi connectivity index (χ4v) is 1.65. The van der Waals surface area contributed by atoms with Crippen molar-refractivity contribution in [3.63, 3.8) is 0 Å². The van der Waals surface area contributed by atoms with Gasteiger partial charge in [0.2, 0.25) is 0 Å². The number of rotatable bonds is 1. The summed E-state index contributed by atoms with van der Waals surface area (Å²) in [6.07, 6.45) is -2.76. The van der Waals surface area contributed by atoms with Gasteiger partial charge in [-0.1, -0.05) is 20.8 Å². The van der Waals surface area contributed by atoms with Gasteiger partial charge < -0.3 is 20.1 Å². The van der Waals surface area contributed by atoms with Crippen LogP contribution in [0.5, 0.6) is 0 Å². The van der Waals surface area contributed by atoms with Gasteiger partial charge in [-0.2, -0.15) is 0 Å². The molecule has 4 nitrogen and oxygen atoms in total. The maximum atomic E-state index is 9.64. The SMILES string of the molecule is CC(C)(C)C[C@H]1OC[C@@H](O)[C@H](O)[C@@H]1O. The highest BCUT2D eigenvalue weighted by molar-refractivity contribution is 4.88. The first kappa shape index (κ1) is 11.9. The zero-order valence-corrected chi connectivity index (χ0v) is 8.97. The van der Waals surface area contributed by atoms with Crippen LogP contribution in [0.4, 0.5) is 0 Å². The summed E-state index contributed by atoms with van der Waals surface area (Å²) >= 11 is 0. The van der Waals surface area contributed by atoms with Crippen LogP contribution < -0.4 is 0 Å². The van der Waals surface area contributed by atoms with E-state index in [0.29, 0.717) is 6.42 Å². The van der Waals surface area contributed by atoms with E-state index >= 15 is 0 Å². The molecule has 0 radical (unpaired) electrons. The minimum Gasteiger partial charge on any atom is -0.388 e. The summed E-state index contributed by atoms with van der Waals surface area (Å²) < 4.78 is 5.29. The van der Waals surface area contributed by atoms with Crippen molar-refractivity contribution < 1.29 is 20.1 Å². The molecule has 0 unspecified atom stereocenters. The molecule has 1 aliphatic heterocycles. The van der Waals surface area contributed by atoms with E-state index in [9.17, 15) is 15.3 Å². The smallest absolute Gasteiger partial charge is 0.111 e. The van der Waals surface area contributed by atoms with Crippen LogP contribution in [0.2, 0.25) is 0 Å². The van der Waals surface area contributed by atoms with Gasteiger partial charge in [0.15, 0.2) is 0 Å². The lowest BCUT2D eigenvalue weighted by atomic mass is 9.85. The lowest BCUT2D eigenvalue weighted by molar-refractivity contribution is -0.193.